The largest absolute Gasteiger partial charge is 0.466 e. The van der Waals surface area contributed by atoms with E-state index in [0.717, 1.165) is 12.8 Å². The van der Waals surface area contributed by atoms with Crippen LogP contribution in [0.15, 0.2) is 35.2 Å². The van der Waals surface area contributed by atoms with Gasteiger partial charge in [-0.3, -0.25) is 14.5 Å². The van der Waals surface area contributed by atoms with Gasteiger partial charge in [0.05, 0.1) is 24.0 Å². The average molecular weight is 424 g/mol. The van der Waals surface area contributed by atoms with Crippen molar-refractivity contribution >= 4 is 21.9 Å². The van der Waals surface area contributed by atoms with E-state index in [9.17, 15) is 18.0 Å². The molecule has 1 aromatic carbocycles. The van der Waals surface area contributed by atoms with Crippen LogP contribution in [0.1, 0.15) is 19.8 Å². The highest BCUT2D eigenvalue weighted by Crippen LogP contribution is 2.20. The summed E-state index contributed by atoms with van der Waals surface area (Å²) in [7, 11) is -3.50. The van der Waals surface area contributed by atoms with Crippen molar-refractivity contribution in [3.63, 3.8) is 0 Å². The van der Waals surface area contributed by atoms with Gasteiger partial charge in [0, 0.05) is 39.3 Å². The van der Waals surface area contributed by atoms with E-state index in [1.165, 1.54) is 4.31 Å². The van der Waals surface area contributed by atoms with E-state index in [1.54, 1.807) is 42.2 Å². The summed E-state index contributed by atoms with van der Waals surface area (Å²) in [6, 6.07) is 8.41. The Bertz CT molecular complexity index is 807. The number of sulfonamides is 1. The predicted molar refractivity (Wildman–Crippen MR) is 108 cm³/mol. The molecule has 0 N–H and O–H groups in total. The Balaban J connectivity index is 1.50. The van der Waals surface area contributed by atoms with Gasteiger partial charge in [-0.2, -0.15) is 4.31 Å². The first-order valence-electron chi connectivity index (χ1n) is 10.1. The van der Waals surface area contributed by atoms with Crippen LogP contribution in [0, 0.1) is 5.92 Å². The Labute approximate surface area is 172 Å². The Hall–Kier alpha value is -1.97. The molecule has 3 rings (SSSR count). The van der Waals surface area contributed by atoms with Gasteiger partial charge < -0.3 is 9.64 Å². The maximum Gasteiger partial charge on any atom is 0.310 e. The first-order valence-corrected chi connectivity index (χ1v) is 11.6. The van der Waals surface area contributed by atoms with Crippen molar-refractivity contribution in [2.45, 2.75) is 24.7 Å². The second-order valence-electron chi connectivity index (χ2n) is 7.42. The molecule has 2 aliphatic heterocycles. The number of hydrogen-bond donors (Lipinski definition) is 0. The molecule has 0 bridgehead atoms. The van der Waals surface area contributed by atoms with Crippen LogP contribution in [0.25, 0.3) is 0 Å². The topological polar surface area (TPSA) is 87.2 Å². The Kier molecular flexibility index (Phi) is 7.26. The number of piperazine rings is 1. The molecule has 1 atom stereocenters. The van der Waals surface area contributed by atoms with Gasteiger partial charge in [-0.15, -0.1) is 0 Å². The molecule has 2 aliphatic rings. The lowest BCUT2D eigenvalue weighted by Gasteiger charge is -2.36. The second kappa shape index (κ2) is 9.69. The van der Waals surface area contributed by atoms with Crippen LogP contribution in [0.5, 0.6) is 0 Å². The molecular weight excluding hydrogens is 394 g/mol. The van der Waals surface area contributed by atoms with Crippen LogP contribution in [-0.4, -0.2) is 86.8 Å². The first kappa shape index (κ1) is 21.7. The van der Waals surface area contributed by atoms with E-state index in [0.29, 0.717) is 50.8 Å². The van der Waals surface area contributed by atoms with E-state index in [4.69, 9.17) is 4.74 Å². The summed E-state index contributed by atoms with van der Waals surface area (Å²) in [5.41, 5.74) is 0. The Morgan fingerprint density at radius 2 is 1.76 bits per heavy atom. The highest BCUT2D eigenvalue weighted by atomic mass is 32.2. The highest BCUT2D eigenvalue weighted by molar-refractivity contribution is 7.89. The number of hydrogen-bond acceptors (Lipinski definition) is 6. The van der Waals surface area contributed by atoms with E-state index < -0.39 is 10.0 Å². The monoisotopic (exact) mass is 423 g/mol. The lowest BCUT2D eigenvalue weighted by molar-refractivity contribution is -0.151. The number of ether oxygens (including phenoxy) is 1. The van der Waals surface area contributed by atoms with Crippen LogP contribution in [0.2, 0.25) is 0 Å². The number of likely N-dealkylation sites (tertiary alicyclic amines) is 1. The molecule has 2 heterocycles. The molecule has 2 fully saturated rings. The van der Waals surface area contributed by atoms with E-state index in [-0.39, 0.29) is 24.3 Å². The number of piperidine rings is 1. The predicted octanol–water partition coefficient (Wildman–Crippen LogP) is 0.795. The minimum Gasteiger partial charge on any atom is -0.466 e. The van der Waals surface area contributed by atoms with Crippen molar-refractivity contribution in [2.24, 2.45) is 5.92 Å². The number of nitrogens with zero attached hydrogens (tertiary/aromatic N) is 3. The van der Waals surface area contributed by atoms with Gasteiger partial charge in [0.2, 0.25) is 15.9 Å². The third kappa shape index (κ3) is 5.34. The van der Waals surface area contributed by atoms with Crippen LogP contribution < -0.4 is 0 Å². The van der Waals surface area contributed by atoms with Gasteiger partial charge >= 0.3 is 5.97 Å². The fourth-order valence-corrected chi connectivity index (χ4v) is 5.26. The quantitative estimate of drug-likeness (QED) is 0.629. The second-order valence-corrected chi connectivity index (χ2v) is 9.36. The van der Waals surface area contributed by atoms with Crippen molar-refractivity contribution in [3.05, 3.63) is 30.3 Å². The van der Waals surface area contributed by atoms with Gasteiger partial charge in [0.1, 0.15) is 0 Å². The number of benzene rings is 1. The van der Waals surface area contributed by atoms with E-state index in [1.807, 2.05) is 4.90 Å². The smallest absolute Gasteiger partial charge is 0.310 e. The number of amides is 1. The van der Waals surface area contributed by atoms with Gasteiger partial charge in [-0.05, 0) is 31.9 Å². The highest BCUT2D eigenvalue weighted by Gasteiger charge is 2.32. The summed E-state index contributed by atoms with van der Waals surface area (Å²) < 4.78 is 32.0. The molecule has 29 heavy (non-hydrogen) atoms. The summed E-state index contributed by atoms with van der Waals surface area (Å²) in [6.45, 7) is 5.15. The molecule has 1 amide bonds. The summed E-state index contributed by atoms with van der Waals surface area (Å²) in [5, 5.41) is 0. The van der Waals surface area contributed by atoms with Crippen molar-refractivity contribution in [3.8, 4) is 0 Å². The van der Waals surface area contributed by atoms with Gasteiger partial charge in [-0.1, -0.05) is 18.2 Å². The molecule has 0 aliphatic carbocycles. The number of carbonyl (C=O) groups excluding carboxylic acids is 2. The zero-order valence-corrected chi connectivity index (χ0v) is 17.6. The molecule has 1 aromatic rings. The molecule has 2 saturated heterocycles. The molecule has 0 unspecified atom stereocenters. The normalized spacial score (nSPS) is 21.7. The number of carbonyl (C=O) groups is 2. The summed E-state index contributed by atoms with van der Waals surface area (Å²) in [4.78, 5) is 28.7. The molecule has 0 spiro atoms. The zero-order chi connectivity index (χ0) is 20.9. The summed E-state index contributed by atoms with van der Waals surface area (Å²) in [5.74, 6) is -0.497. The fraction of sp³-hybridized carbons (Fsp3) is 0.600. The molecule has 0 radical (unpaired) electrons. The molecule has 160 valence electrons. The lowest BCUT2D eigenvalue weighted by atomic mass is 9.98. The van der Waals surface area contributed by atoms with Crippen molar-refractivity contribution < 1.29 is 22.7 Å². The van der Waals surface area contributed by atoms with E-state index in [2.05, 4.69) is 0 Å². The summed E-state index contributed by atoms with van der Waals surface area (Å²) in [6.07, 6.45) is 1.54. The van der Waals surface area contributed by atoms with Gasteiger partial charge in [0.25, 0.3) is 0 Å². The fourth-order valence-electron chi connectivity index (χ4n) is 3.82. The Morgan fingerprint density at radius 3 is 2.41 bits per heavy atom. The summed E-state index contributed by atoms with van der Waals surface area (Å²) >= 11 is 0. The molecule has 0 saturated carbocycles. The van der Waals surface area contributed by atoms with Crippen LogP contribution in [0.4, 0.5) is 0 Å². The maximum absolute atomic E-state index is 12.7. The van der Waals surface area contributed by atoms with E-state index >= 15 is 0 Å². The maximum atomic E-state index is 12.7. The van der Waals surface area contributed by atoms with Crippen LogP contribution in [-0.2, 0) is 24.3 Å². The Morgan fingerprint density at radius 1 is 1.07 bits per heavy atom. The van der Waals surface area contributed by atoms with Crippen LogP contribution >= 0.6 is 0 Å². The minimum absolute atomic E-state index is 0.0154. The molecular formula is C20H29N3O5S. The number of esters is 1. The first-order chi connectivity index (χ1) is 13.9. The zero-order valence-electron chi connectivity index (χ0n) is 16.8. The molecule has 9 heteroatoms. The third-order valence-electron chi connectivity index (χ3n) is 5.47. The molecule has 8 nitrogen and oxygen atoms in total. The van der Waals surface area contributed by atoms with Crippen LogP contribution in [0.3, 0.4) is 0 Å². The third-order valence-corrected chi connectivity index (χ3v) is 7.38. The van der Waals surface area contributed by atoms with Crippen molar-refractivity contribution in [2.75, 3.05) is 52.4 Å². The lowest BCUT2D eigenvalue weighted by Crippen LogP contribution is -2.52. The van der Waals surface area contributed by atoms with Crippen molar-refractivity contribution in [1.29, 1.82) is 0 Å². The molecule has 0 aromatic heterocycles. The van der Waals surface area contributed by atoms with Gasteiger partial charge in [-0.25, -0.2) is 8.42 Å². The SMILES string of the molecule is CCOC(=O)[C@H]1CCCN(C(=O)CN2CCN(S(=O)(=O)c3ccccc3)CC2)C1. The average Bonchev–Trinajstić information content (AvgIpc) is 2.75. The van der Waals surface area contributed by atoms with Crippen molar-refractivity contribution in [1.82, 2.24) is 14.1 Å². The minimum atomic E-state index is -3.50. The number of rotatable bonds is 6. The standard InChI is InChI=1S/C20H29N3O5S/c1-2-28-20(25)17-7-6-10-22(15-17)19(24)16-21-11-13-23(14-12-21)29(26,27)18-8-4-3-5-9-18/h3-5,8-9,17H,2,6-7,10-16H2,1H3/t17-/m0/s1. The van der Waals surface area contributed by atoms with Gasteiger partial charge in [0.15, 0.2) is 0 Å².